The summed E-state index contributed by atoms with van der Waals surface area (Å²) in [6, 6.07) is 15.3. The quantitative estimate of drug-likeness (QED) is 0.681. The maximum atomic E-state index is 12.2. The monoisotopic (exact) mass is 409 g/mol. The molecule has 8 nitrogen and oxygen atoms in total. The smallest absolute Gasteiger partial charge is 0.338 e. The van der Waals surface area contributed by atoms with E-state index in [4.69, 9.17) is 4.74 Å². The molecule has 156 valence electrons. The SMILES string of the molecule is O=C(COC(=O)c1cccc(CN2CCCC2=O)c1)NC(=O)NCc1ccccc1. The van der Waals surface area contributed by atoms with Crippen molar-refractivity contribution in [3.8, 4) is 0 Å². The summed E-state index contributed by atoms with van der Waals surface area (Å²) in [4.78, 5) is 49.3. The van der Waals surface area contributed by atoms with Crippen LogP contribution in [0.3, 0.4) is 0 Å². The average Bonchev–Trinajstić information content (AvgIpc) is 3.16. The molecule has 30 heavy (non-hydrogen) atoms. The van der Waals surface area contributed by atoms with Crippen LogP contribution in [0.5, 0.6) is 0 Å². The van der Waals surface area contributed by atoms with Crippen molar-refractivity contribution < 1.29 is 23.9 Å². The number of rotatable bonds is 7. The predicted molar refractivity (Wildman–Crippen MR) is 108 cm³/mol. The van der Waals surface area contributed by atoms with Crippen LogP contribution >= 0.6 is 0 Å². The Kier molecular flexibility index (Phi) is 7.15. The zero-order valence-corrected chi connectivity index (χ0v) is 16.4. The van der Waals surface area contributed by atoms with Gasteiger partial charge in [-0.25, -0.2) is 9.59 Å². The Bertz CT molecular complexity index is 929. The van der Waals surface area contributed by atoms with Crippen LogP contribution in [0.25, 0.3) is 0 Å². The Hall–Kier alpha value is -3.68. The number of carbonyl (C=O) groups is 4. The molecule has 0 aliphatic carbocycles. The van der Waals surface area contributed by atoms with E-state index in [2.05, 4.69) is 10.6 Å². The number of hydrogen-bond donors (Lipinski definition) is 2. The normalized spacial score (nSPS) is 13.1. The predicted octanol–water partition coefficient (Wildman–Crippen LogP) is 1.99. The summed E-state index contributed by atoms with van der Waals surface area (Å²) in [7, 11) is 0. The number of urea groups is 1. The summed E-state index contributed by atoms with van der Waals surface area (Å²) in [5.74, 6) is -1.30. The van der Waals surface area contributed by atoms with Gasteiger partial charge in [0.05, 0.1) is 5.56 Å². The number of likely N-dealkylation sites (tertiary alicyclic amines) is 1. The lowest BCUT2D eigenvalue weighted by Gasteiger charge is -2.15. The lowest BCUT2D eigenvalue weighted by molar-refractivity contribution is -0.128. The highest BCUT2D eigenvalue weighted by molar-refractivity contribution is 5.97. The van der Waals surface area contributed by atoms with Gasteiger partial charge < -0.3 is 15.0 Å². The fourth-order valence-electron chi connectivity index (χ4n) is 3.09. The third-order valence-electron chi connectivity index (χ3n) is 4.59. The van der Waals surface area contributed by atoms with Crippen LogP contribution < -0.4 is 10.6 Å². The number of amides is 4. The minimum atomic E-state index is -0.729. The summed E-state index contributed by atoms with van der Waals surface area (Å²) in [5.41, 5.74) is 1.98. The molecule has 3 rings (SSSR count). The van der Waals surface area contributed by atoms with Crippen LogP contribution in [-0.4, -0.2) is 41.9 Å². The maximum absolute atomic E-state index is 12.2. The molecule has 2 aromatic carbocycles. The highest BCUT2D eigenvalue weighted by Crippen LogP contribution is 2.15. The standard InChI is InChI=1S/C22H23N3O5/c26-19(24-22(29)23-13-16-6-2-1-3-7-16)15-30-21(28)18-9-4-8-17(12-18)14-25-11-5-10-20(25)27/h1-4,6-9,12H,5,10-11,13-15H2,(H2,23,24,26,29). The van der Waals surface area contributed by atoms with E-state index in [1.165, 1.54) is 0 Å². The topological polar surface area (TPSA) is 105 Å². The molecule has 1 heterocycles. The van der Waals surface area contributed by atoms with E-state index in [1.54, 1.807) is 23.1 Å². The second-order valence-electron chi connectivity index (χ2n) is 6.91. The molecule has 0 aromatic heterocycles. The Balaban J connectivity index is 1.43. The molecule has 1 aliphatic heterocycles. The van der Waals surface area contributed by atoms with Crippen LogP contribution in [0, 0.1) is 0 Å². The molecule has 0 unspecified atom stereocenters. The van der Waals surface area contributed by atoms with E-state index < -0.39 is 24.5 Å². The van der Waals surface area contributed by atoms with Crippen molar-refractivity contribution in [2.45, 2.75) is 25.9 Å². The zero-order valence-electron chi connectivity index (χ0n) is 16.4. The van der Waals surface area contributed by atoms with Gasteiger partial charge in [-0.1, -0.05) is 42.5 Å². The fourth-order valence-corrected chi connectivity index (χ4v) is 3.09. The lowest BCUT2D eigenvalue weighted by Crippen LogP contribution is -2.41. The van der Waals surface area contributed by atoms with Gasteiger partial charge in [-0.3, -0.25) is 14.9 Å². The summed E-state index contributed by atoms with van der Waals surface area (Å²) in [6.45, 7) is 0.834. The molecule has 1 saturated heterocycles. The summed E-state index contributed by atoms with van der Waals surface area (Å²) < 4.78 is 4.99. The molecule has 0 bridgehead atoms. The minimum Gasteiger partial charge on any atom is -0.452 e. The van der Waals surface area contributed by atoms with E-state index in [1.807, 2.05) is 36.4 Å². The first-order chi connectivity index (χ1) is 14.5. The molecule has 2 aromatic rings. The van der Waals surface area contributed by atoms with Crippen LogP contribution in [-0.2, 0) is 27.4 Å². The second-order valence-corrected chi connectivity index (χ2v) is 6.91. The van der Waals surface area contributed by atoms with E-state index in [9.17, 15) is 19.2 Å². The number of ether oxygens (including phenoxy) is 1. The number of carbonyl (C=O) groups excluding carboxylic acids is 4. The minimum absolute atomic E-state index is 0.102. The van der Waals surface area contributed by atoms with Gasteiger partial charge >= 0.3 is 12.0 Å². The molecule has 0 saturated carbocycles. The van der Waals surface area contributed by atoms with Crippen LogP contribution in [0.2, 0.25) is 0 Å². The molecule has 2 N–H and O–H groups in total. The molecular weight excluding hydrogens is 386 g/mol. The zero-order chi connectivity index (χ0) is 21.3. The van der Waals surface area contributed by atoms with Gasteiger partial charge in [0.2, 0.25) is 5.91 Å². The molecular formula is C22H23N3O5. The van der Waals surface area contributed by atoms with Gasteiger partial charge in [0.25, 0.3) is 5.91 Å². The number of benzene rings is 2. The van der Waals surface area contributed by atoms with Crippen molar-refractivity contribution in [2.24, 2.45) is 0 Å². The third kappa shape index (κ3) is 6.16. The molecule has 8 heteroatoms. The summed E-state index contributed by atoms with van der Waals surface area (Å²) >= 11 is 0. The molecule has 1 aliphatic rings. The summed E-state index contributed by atoms with van der Waals surface area (Å²) in [6.07, 6.45) is 1.39. The molecule has 4 amide bonds. The van der Waals surface area contributed by atoms with E-state index in [-0.39, 0.29) is 18.0 Å². The molecule has 0 radical (unpaired) electrons. The first kappa shape index (κ1) is 21.0. The van der Waals surface area contributed by atoms with Gasteiger partial charge in [-0.2, -0.15) is 0 Å². The Labute approximate surface area is 174 Å². The van der Waals surface area contributed by atoms with Crippen molar-refractivity contribution in [2.75, 3.05) is 13.2 Å². The molecule has 0 atom stereocenters. The Morgan fingerprint density at radius 3 is 2.50 bits per heavy atom. The van der Waals surface area contributed by atoms with Crippen LogP contribution in [0.15, 0.2) is 54.6 Å². The van der Waals surface area contributed by atoms with Crippen LogP contribution in [0.4, 0.5) is 4.79 Å². The van der Waals surface area contributed by atoms with Gasteiger partial charge in [-0.05, 0) is 29.7 Å². The third-order valence-corrected chi connectivity index (χ3v) is 4.59. The Morgan fingerprint density at radius 1 is 1.00 bits per heavy atom. The van der Waals surface area contributed by atoms with Crippen molar-refractivity contribution >= 4 is 23.8 Å². The number of esters is 1. The highest BCUT2D eigenvalue weighted by atomic mass is 16.5. The highest BCUT2D eigenvalue weighted by Gasteiger charge is 2.20. The van der Waals surface area contributed by atoms with Crippen molar-refractivity contribution in [3.63, 3.8) is 0 Å². The number of imide groups is 1. The van der Waals surface area contributed by atoms with Crippen molar-refractivity contribution in [3.05, 3.63) is 71.3 Å². The van der Waals surface area contributed by atoms with E-state index in [0.717, 1.165) is 17.5 Å². The number of hydrogen-bond acceptors (Lipinski definition) is 5. The number of nitrogens with zero attached hydrogens (tertiary/aromatic N) is 1. The maximum Gasteiger partial charge on any atom is 0.338 e. The van der Waals surface area contributed by atoms with Gasteiger partial charge in [0.15, 0.2) is 6.61 Å². The van der Waals surface area contributed by atoms with Crippen molar-refractivity contribution in [1.82, 2.24) is 15.5 Å². The van der Waals surface area contributed by atoms with E-state index in [0.29, 0.717) is 19.5 Å². The first-order valence-electron chi connectivity index (χ1n) is 9.67. The number of nitrogens with one attached hydrogen (secondary N) is 2. The molecule has 0 spiro atoms. The first-order valence-corrected chi connectivity index (χ1v) is 9.67. The van der Waals surface area contributed by atoms with Crippen LogP contribution in [0.1, 0.15) is 34.3 Å². The second kappa shape index (κ2) is 10.2. The Morgan fingerprint density at radius 2 is 1.77 bits per heavy atom. The van der Waals surface area contributed by atoms with Gasteiger partial charge in [-0.15, -0.1) is 0 Å². The fraction of sp³-hybridized carbons (Fsp3) is 0.273. The lowest BCUT2D eigenvalue weighted by atomic mass is 10.1. The summed E-state index contributed by atoms with van der Waals surface area (Å²) in [5, 5.41) is 4.66. The van der Waals surface area contributed by atoms with Gasteiger partial charge in [0.1, 0.15) is 0 Å². The van der Waals surface area contributed by atoms with E-state index >= 15 is 0 Å². The molecule has 1 fully saturated rings. The van der Waals surface area contributed by atoms with Gasteiger partial charge in [0, 0.05) is 26.1 Å². The van der Waals surface area contributed by atoms with Crippen molar-refractivity contribution in [1.29, 1.82) is 0 Å². The largest absolute Gasteiger partial charge is 0.452 e. The average molecular weight is 409 g/mol.